The number of nitrogens with zero attached hydrogens (tertiary/aromatic N) is 1. The molecule has 0 amide bonds. The number of hydrogen-bond acceptors (Lipinski definition) is 2. The molecule has 0 aliphatic heterocycles. The summed E-state index contributed by atoms with van der Waals surface area (Å²) in [5, 5.41) is 2.15. The fraction of sp³-hybridized carbons (Fsp3) is 0.267. The van der Waals surface area contributed by atoms with Gasteiger partial charge in [-0.25, -0.2) is 0 Å². The van der Waals surface area contributed by atoms with Gasteiger partial charge in [-0.05, 0) is 82.2 Å². The standard InChI is InChI=1S/C30H37NS/c1-6-9-11-16-26(5)31(25(4)15-10-7-2)29(14-8-3)18-12-17-27-20-22-28(23-21-27)30-19-13-24-32-30/h6-16,18-20,22,24,26H,3,17,21,23H2,1-2,4-5H3/b9-6-,10-7-,16-11-,18-12-,25-15+,29-14+. The van der Waals surface area contributed by atoms with Crippen LogP contribution in [0.4, 0.5) is 0 Å². The van der Waals surface area contributed by atoms with Gasteiger partial charge < -0.3 is 4.90 Å². The minimum atomic E-state index is 0.216. The third kappa shape index (κ3) is 8.01. The van der Waals surface area contributed by atoms with E-state index < -0.39 is 0 Å². The Morgan fingerprint density at radius 3 is 2.56 bits per heavy atom. The van der Waals surface area contributed by atoms with Gasteiger partial charge in [0.15, 0.2) is 0 Å². The first-order valence-corrected chi connectivity index (χ1v) is 12.3. The number of thiophene rings is 1. The minimum absolute atomic E-state index is 0.216. The molecular formula is C30H37NS. The van der Waals surface area contributed by atoms with Crippen molar-refractivity contribution in [3.8, 4) is 0 Å². The van der Waals surface area contributed by atoms with Crippen molar-refractivity contribution in [2.24, 2.45) is 0 Å². The second kappa shape index (κ2) is 14.3. The monoisotopic (exact) mass is 443 g/mol. The molecule has 2 rings (SSSR count). The summed E-state index contributed by atoms with van der Waals surface area (Å²) in [5.74, 6) is 0. The molecule has 0 fully saturated rings. The Labute approximate surface area is 199 Å². The highest BCUT2D eigenvalue weighted by atomic mass is 32.1. The van der Waals surface area contributed by atoms with Crippen LogP contribution in [0.1, 0.15) is 51.8 Å². The Morgan fingerprint density at radius 2 is 1.94 bits per heavy atom. The Hall–Kier alpha value is -2.84. The average Bonchev–Trinajstić information content (AvgIpc) is 3.33. The molecule has 1 aromatic rings. The van der Waals surface area contributed by atoms with Gasteiger partial charge in [-0.15, -0.1) is 11.3 Å². The Balaban J connectivity index is 2.20. The molecule has 0 bridgehead atoms. The van der Waals surface area contributed by atoms with Crippen LogP contribution in [0.3, 0.4) is 0 Å². The van der Waals surface area contributed by atoms with Crippen molar-refractivity contribution in [2.75, 3.05) is 0 Å². The summed E-state index contributed by atoms with van der Waals surface area (Å²) in [5.41, 5.74) is 5.27. The molecule has 0 aromatic carbocycles. The molecule has 168 valence electrons. The fourth-order valence-corrected chi connectivity index (χ4v) is 4.47. The van der Waals surface area contributed by atoms with Crippen LogP contribution in [0.2, 0.25) is 0 Å². The van der Waals surface area contributed by atoms with Crippen LogP contribution in [-0.4, -0.2) is 10.9 Å². The van der Waals surface area contributed by atoms with Gasteiger partial charge in [-0.1, -0.05) is 79.0 Å². The molecule has 0 spiro atoms. The van der Waals surface area contributed by atoms with E-state index in [-0.39, 0.29) is 6.04 Å². The number of rotatable bonds is 11. The van der Waals surface area contributed by atoms with Crippen LogP contribution in [-0.2, 0) is 0 Å². The van der Waals surface area contributed by atoms with Gasteiger partial charge in [-0.3, -0.25) is 0 Å². The summed E-state index contributed by atoms with van der Waals surface area (Å²) in [4.78, 5) is 3.74. The van der Waals surface area contributed by atoms with E-state index in [1.165, 1.54) is 21.7 Å². The molecule has 0 saturated heterocycles. The summed E-state index contributed by atoms with van der Waals surface area (Å²) in [6.07, 6.45) is 31.0. The highest BCUT2D eigenvalue weighted by Crippen LogP contribution is 2.31. The lowest BCUT2D eigenvalue weighted by atomic mass is 9.95. The maximum absolute atomic E-state index is 3.95. The molecule has 1 aliphatic rings. The molecule has 1 unspecified atom stereocenters. The van der Waals surface area contributed by atoms with Gasteiger partial charge in [0, 0.05) is 22.3 Å². The lowest BCUT2D eigenvalue weighted by Crippen LogP contribution is -2.28. The van der Waals surface area contributed by atoms with Gasteiger partial charge in [0.25, 0.3) is 0 Å². The lowest BCUT2D eigenvalue weighted by Gasteiger charge is -2.31. The zero-order chi connectivity index (χ0) is 23.2. The zero-order valence-electron chi connectivity index (χ0n) is 20.0. The van der Waals surface area contributed by atoms with E-state index in [0.29, 0.717) is 0 Å². The van der Waals surface area contributed by atoms with E-state index in [1.54, 1.807) is 0 Å². The molecule has 32 heavy (non-hydrogen) atoms. The normalized spacial score (nSPS) is 16.9. The second-order valence-corrected chi connectivity index (χ2v) is 8.73. The van der Waals surface area contributed by atoms with Gasteiger partial charge in [0.1, 0.15) is 0 Å². The first kappa shape index (κ1) is 25.4. The first-order valence-electron chi connectivity index (χ1n) is 11.4. The van der Waals surface area contributed by atoms with Crippen LogP contribution in [0, 0.1) is 0 Å². The van der Waals surface area contributed by atoms with E-state index in [0.717, 1.165) is 25.0 Å². The Morgan fingerprint density at radius 1 is 1.12 bits per heavy atom. The molecule has 0 saturated carbocycles. The third-order valence-corrected chi connectivity index (χ3v) is 6.26. The summed E-state index contributed by atoms with van der Waals surface area (Å²) < 4.78 is 0. The van der Waals surface area contributed by atoms with Crippen molar-refractivity contribution in [2.45, 2.75) is 53.0 Å². The van der Waals surface area contributed by atoms with Gasteiger partial charge in [0.2, 0.25) is 0 Å². The molecule has 1 nitrogen and oxygen atoms in total. The summed E-state index contributed by atoms with van der Waals surface area (Å²) >= 11 is 1.83. The molecule has 0 radical (unpaired) electrons. The van der Waals surface area contributed by atoms with E-state index in [9.17, 15) is 0 Å². The SMILES string of the molecule is C=C/C=C(\C=C/CC1=CC=C(c2cccs2)CC1)N(/C(C)=C/C=C\C)C(C)/C=C\C=C/C. The number of hydrogen-bond donors (Lipinski definition) is 0. The van der Waals surface area contributed by atoms with Gasteiger partial charge in [0.05, 0.1) is 0 Å². The smallest absolute Gasteiger partial charge is 0.0493 e. The lowest BCUT2D eigenvalue weighted by molar-refractivity contribution is 0.394. The van der Waals surface area contributed by atoms with Crippen LogP contribution in [0.25, 0.3) is 5.57 Å². The van der Waals surface area contributed by atoms with E-state index in [2.05, 4.69) is 110 Å². The topological polar surface area (TPSA) is 3.24 Å². The predicted octanol–water partition coefficient (Wildman–Crippen LogP) is 9.17. The molecule has 1 atom stereocenters. The zero-order valence-corrected chi connectivity index (χ0v) is 20.8. The first-order chi connectivity index (χ1) is 15.6. The largest absolute Gasteiger partial charge is 0.339 e. The highest BCUT2D eigenvalue weighted by molar-refractivity contribution is 7.11. The van der Waals surface area contributed by atoms with Gasteiger partial charge >= 0.3 is 0 Å². The van der Waals surface area contributed by atoms with Crippen molar-refractivity contribution >= 4 is 16.9 Å². The predicted molar refractivity (Wildman–Crippen MR) is 145 cm³/mol. The molecule has 1 aliphatic carbocycles. The van der Waals surface area contributed by atoms with Crippen molar-refractivity contribution in [1.82, 2.24) is 4.90 Å². The average molecular weight is 444 g/mol. The third-order valence-electron chi connectivity index (χ3n) is 5.32. The van der Waals surface area contributed by atoms with E-state index >= 15 is 0 Å². The molecule has 1 heterocycles. The molecule has 2 heteroatoms. The van der Waals surface area contributed by atoms with Crippen molar-refractivity contribution in [1.29, 1.82) is 0 Å². The van der Waals surface area contributed by atoms with Crippen molar-refractivity contribution in [3.63, 3.8) is 0 Å². The quantitative estimate of drug-likeness (QED) is 0.308. The van der Waals surface area contributed by atoms with Crippen LogP contribution in [0.15, 0.2) is 120 Å². The second-order valence-electron chi connectivity index (χ2n) is 7.78. The highest BCUT2D eigenvalue weighted by Gasteiger charge is 2.14. The minimum Gasteiger partial charge on any atom is -0.339 e. The summed E-state index contributed by atoms with van der Waals surface area (Å²) in [7, 11) is 0. The molecule has 1 aromatic heterocycles. The van der Waals surface area contributed by atoms with Crippen molar-refractivity contribution in [3.05, 3.63) is 125 Å². The maximum Gasteiger partial charge on any atom is 0.0493 e. The van der Waals surface area contributed by atoms with Gasteiger partial charge in [-0.2, -0.15) is 0 Å². The van der Waals surface area contributed by atoms with Crippen LogP contribution in [0.5, 0.6) is 0 Å². The van der Waals surface area contributed by atoms with Crippen LogP contribution < -0.4 is 0 Å². The summed E-state index contributed by atoms with van der Waals surface area (Å²) in [6, 6.07) is 4.56. The molecular weight excluding hydrogens is 406 g/mol. The van der Waals surface area contributed by atoms with Crippen LogP contribution >= 0.6 is 11.3 Å². The Bertz CT molecular complexity index is 958. The van der Waals surface area contributed by atoms with E-state index in [1.807, 2.05) is 37.3 Å². The summed E-state index contributed by atoms with van der Waals surface area (Å²) in [6.45, 7) is 12.4. The number of allylic oxidation sites excluding steroid dienone is 15. The molecule has 0 N–H and O–H groups in total. The maximum atomic E-state index is 3.95. The van der Waals surface area contributed by atoms with E-state index in [4.69, 9.17) is 0 Å². The fourth-order valence-electron chi connectivity index (χ4n) is 3.68. The van der Waals surface area contributed by atoms with Crippen molar-refractivity contribution < 1.29 is 0 Å². The Kier molecular flexibility index (Phi) is 11.3.